The molecular formula is C12H22N2S2. The number of hydrogen-bond acceptors (Lipinski definition) is 4. The molecule has 1 aromatic rings. The van der Waals surface area contributed by atoms with Crippen LogP contribution in [0.2, 0.25) is 0 Å². The summed E-state index contributed by atoms with van der Waals surface area (Å²) in [5.74, 6) is 1.24. The van der Waals surface area contributed by atoms with Gasteiger partial charge in [-0.3, -0.25) is 4.90 Å². The van der Waals surface area contributed by atoms with Gasteiger partial charge in [-0.05, 0) is 52.8 Å². The molecular weight excluding hydrogens is 236 g/mol. The molecule has 0 aromatic carbocycles. The molecule has 0 spiro atoms. The third kappa shape index (κ3) is 3.75. The molecule has 4 heteroatoms. The average molecular weight is 258 g/mol. The monoisotopic (exact) mass is 258 g/mol. The molecule has 92 valence electrons. The van der Waals surface area contributed by atoms with E-state index < -0.39 is 0 Å². The maximum atomic E-state index is 4.63. The maximum Gasteiger partial charge on any atom is 0.0900 e. The van der Waals surface area contributed by atoms with Gasteiger partial charge >= 0.3 is 0 Å². The van der Waals surface area contributed by atoms with Crippen molar-refractivity contribution in [3.8, 4) is 0 Å². The van der Waals surface area contributed by atoms with Gasteiger partial charge in [0, 0.05) is 4.88 Å². The van der Waals surface area contributed by atoms with E-state index in [-0.39, 0.29) is 0 Å². The molecule has 1 heterocycles. The zero-order chi connectivity index (χ0) is 12.1. The third-order valence-electron chi connectivity index (χ3n) is 2.86. The first-order chi connectivity index (χ1) is 7.56. The molecule has 0 unspecified atom stereocenters. The van der Waals surface area contributed by atoms with Gasteiger partial charge in [-0.25, -0.2) is 4.98 Å². The second kappa shape index (κ2) is 6.62. The van der Waals surface area contributed by atoms with E-state index in [1.54, 1.807) is 11.3 Å². The van der Waals surface area contributed by atoms with Crippen molar-refractivity contribution in [3.63, 3.8) is 0 Å². The van der Waals surface area contributed by atoms with Crippen LogP contribution in [0.3, 0.4) is 0 Å². The van der Waals surface area contributed by atoms with Gasteiger partial charge in [0.15, 0.2) is 0 Å². The maximum absolute atomic E-state index is 4.63. The number of nitrogens with zero attached hydrogens (tertiary/aromatic N) is 2. The summed E-state index contributed by atoms with van der Waals surface area (Å²) in [6.45, 7) is 7.66. The standard InChI is InChI=1S/C12H22N2S2/c1-9(14(4)7-6-8-15-5)12-10(2)16-11(3)13-12/h9H,6-8H2,1-5H3/t9-/m0/s1. The number of aryl methyl sites for hydroxylation is 2. The van der Waals surface area contributed by atoms with E-state index in [2.05, 4.69) is 44.0 Å². The Balaban J connectivity index is 2.56. The second-order valence-corrected chi connectivity index (χ2v) is 6.57. The highest BCUT2D eigenvalue weighted by Crippen LogP contribution is 2.25. The molecule has 2 nitrogen and oxygen atoms in total. The lowest BCUT2D eigenvalue weighted by Crippen LogP contribution is -2.24. The van der Waals surface area contributed by atoms with Gasteiger partial charge in [-0.2, -0.15) is 11.8 Å². The predicted molar refractivity (Wildman–Crippen MR) is 75.6 cm³/mol. The zero-order valence-corrected chi connectivity index (χ0v) is 12.5. The fourth-order valence-electron chi connectivity index (χ4n) is 1.79. The van der Waals surface area contributed by atoms with Crippen LogP contribution in [0.4, 0.5) is 0 Å². The summed E-state index contributed by atoms with van der Waals surface area (Å²) in [7, 11) is 2.19. The van der Waals surface area contributed by atoms with Crippen LogP contribution in [0, 0.1) is 13.8 Å². The van der Waals surface area contributed by atoms with Gasteiger partial charge in [-0.1, -0.05) is 0 Å². The molecule has 0 fully saturated rings. The molecule has 0 aliphatic rings. The van der Waals surface area contributed by atoms with Crippen LogP contribution >= 0.6 is 23.1 Å². The lowest BCUT2D eigenvalue weighted by atomic mass is 10.2. The smallest absolute Gasteiger partial charge is 0.0900 e. The minimum absolute atomic E-state index is 0.437. The van der Waals surface area contributed by atoms with Crippen molar-refractivity contribution in [2.45, 2.75) is 33.2 Å². The molecule has 0 saturated heterocycles. The topological polar surface area (TPSA) is 16.1 Å². The van der Waals surface area contributed by atoms with Crippen LogP contribution in [0.1, 0.15) is 35.0 Å². The summed E-state index contributed by atoms with van der Waals surface area (Å²) in [5, 5.41) is 1.18. The van der Waals surface area contributed by atoms with Crippen molar-refractivity contribution < 1.29 is 0 Å². The zero-order valence-electron chi connectivity index (χ0n) is 10.9. The van der Waals surface area contributed by atoms with Crippen LogP contribution in [0.25, 0.3) is 0 Å². The summed E-state index contributed by atoms with van der Waals surface area (Å²) in [5.41, 5.74) is 1.26. The number of thioether (sulfide) groups is 1. The molecule has 0 aliphatic carbocycles. The van der Waals surface area contributed by atoms with Crippen LogP contribution in [-0.2, 0) is 0 Å². The largest absolute Gasteiger partial charge is 0.298 e. The van der Waals surface area contributed by atoms with Crippen molar-refractivity contribution in [2.75, 3.05) is 25.6 Å². The Hall–Kier alpha value is -0.0600. The molecule has 0 aliphatic heterocycles. The van der Waals surface area contributed by atoms with Crippen molar-refractivity contribution in [1.29, 1.82) is 0 Å². The van der Waals surface area contributed by atoms with Gasteiger partial charge in [0.05, 0.1) is 16.7 Å². The Morgan fingerprint density at radius 1 is 1.44 bits per heavy atom. The lowest BCUT2D eigenvalue weighted by molar-refractivity contribution is 0.258. The van der Waals surface area contributed by atoms with Crippen LogP contribution in [-0.4, -0.2) is 35.5 Å². The van der Waals surface area contributed by atoms with Crippen LogP contribution < -0.4 is 0 Å². The summed E-state index contributed by atoms with van der Waals surface area (Å²) < 4.78 is 0. The minimum atomic E-state index is 0.437. The summed E-state index contributed by atoms with van der Waals surface area (Å²) in [4.78, 5) is 8.39. The first-order valence-corrected chi connectivity index (χ1v) is 7.90. The number of rotatable bonds is 6. The Kier molecular flexibility index (Phi) is 5.79. The van der Waals surface area contributed by atoms with E-state index in [4.69, 9.17) is 0 Å². The Labute approximate surface area is 107 Å². The Morgan fingerprint density at radius 3 is 2.62 bits per heavy atom. The fourth-order valence-corrected chi connectivity index (χ4v) is 3.12. The molecule has 0 radical (unpaired) electrons. The molecule has 0 amide bonds. The SMILES string of the molecule is CSCCCN(C)[C@@H](C)c1nc(C)sc1C. The molecule has 1 aromatic heterocycles. The molecule has 1 atom stereocenters. The van der Waals surface area contributed by atoms with Gasteiger partial charge in [-0.15, -0.1) is 11.3 Å². The van der Waals surface area contributed by atoms with E-state index in [1.165, 1.54) is 27.8 Å². The Morgan fingerprint density at radius 2 is 2.12 bits per heavy atom. The van der Waals surface area contributed by atoms with Crippen LogP contribution in [0.15, 0.2) is 0 Å². The molecule has 1 rings (SSSR count). The van der Waals surface area contributed by atoms with Crippen molar-refractivity contribution in [2.24, 2.45) is 0 Å². The van der Waals surface area contributed by atoms with Gasteiger partial charge in [0.1, 0.15) is 0 Å². The highest BCUT2D eigenvalue weighted by molar-refractivity contribution is 7.98. The summed E-state index contributed by atoms with van der Waals surface area (Å²) in [6.07, 6.45) is 3.42. The summed E-state index contributed by atoms with van der Waals surface area (Å²) >= 11 is 3.72. The molecule has 0 N–H and O–H groups in total. The van der Waals surface area contributed by atoms with E-state index in [0.29, 0.717) is 6.04 Å². The van der Waals surface area contributed by atoms with Crippen molar-refractivity contribution in [3.05, 3.63) is 15.6 Å². The van der Waals surface area contributed by atoms with Crippen LogP contribution in [0.5, 0.6) is 0 Å². The van der Waals surface area contributed by atoms with Crippen molar-refractivity contribution >= 4 is 23.1 Å². The number of aromatic nitrogens is 1. The molecule has 0 saturated carbocycles. The van der Waals surface area contributed by atoms with Gasteiger partial charge in [0.25, 0.3) is 0 Å². The van der Waals surface area contributed by atoms with E-state index in [0.717, 1.165) is 6.54 Å². The number of hydrogen-bond donors (Lipinski definition) is 0. The van der Waals surface area contributed by atoms with Crippen molar-refractivity contribution in [1.82, 2.24) is 9.88 Å². The predicted octanol–water partition coefficient (Wildman–Crippen LogP) is 3.51. The fraction of sp³-hybridized carbons (Fsp3) is 0.750. The van der Waals surface area contributed by atoms with Gasteiger partial charge < -0.3 is 0 Å². The van der Waals surface area contributed by atoms with E-state index in [9.17, 15) is 0 Å². The summed E-state index contributed by atoms with van der Waals surface area (Å²) in [6, 6.07) is 0.437. The Bertz CT molecular complexity index is 323. The highest BCUT2D eigenvalue weighted by atomic mass is 32.2. The number of thiazole rings is 1. The quantitative estimate of drug-likeness (QED) is 0.727. The first-order valence-electron chi connectivity index (χ1n) is 5.69. The third-order valence-corrected chi connectivity index (χ3v) is 4.45. The average Bonchev–Trinajstić information content (AvgIpc) is 2.57. The normalized spacial score (nSPS) is 13.4. The lowest BCUT2D eigenvalue weighted by Gasteiger charge is -2.23. The van der Waals surface area contributed by atoms with E-state index in [1.807, 2.05) is 11.8 Å². The first kappa shape index (κ1) is 14.0. The van der Waals surface area contributed by atoms with Gasteiger partial charge in [0.2, 0.25) is 0 Å². The highest BCUT2D eigenvalue weighted by Gasteiger charge is 2.16. The van der Waals surface area contributed by atoms with E-state index >= 15 is 0 Å². The molecule has 0 bridgehead atoms. The second-order valence-electron chi connectivity index (χ2n) is 4.18. The molecule has 16 heavy (non-hydrogen) atoms. The minimum Gasteiger partial charge on any atom is -0.298 e.